The van der Waals surface area contributed by atoms with Crippen LogP contribution < -0.4 is 9.47 Å². The standard InChI is InChI=1S/C23H19NO3/c25-12-4-3-11-24-20-9-7-16-5-1-2-6-18(16)19(20)14-21(24)17-8-10-22-23(13-17)27-15-26-22/h1-10,13-14,25H,11-12,15H2/b4-3+. The van der Waals surface area contributed by atoms with Crippen LogP contribution in [0.15, 0.2) is 72.8 Å². The van der Waals surface area contributed by atoms with E-state index in [1.807, 2.05) is 18.2 Å². The maximum atomic E-state index is 9.12. The molecule has 0 fully saturated rings. The normalized spacial score (nSPS) is 13.2. The molecule has 1 aliphatic rings. The molecule has 0 radical (unpaired) electrons. The van der Waals surface area contributed by atoms with E-state index < -0.39 is 0 Å². The minimum atomic E-state index is 0.0431. The van der Waals surface area contributed by atoms with E-state index in [-0.39, 0.29) is 13.4 Å². The van der Waals surface area contributed by atoms with Gasteiger partial charge in [-0.3, -0.25) is 0 Å². The lowest BCUT2D eigenvalue weighted by Crippen LogP contribution is -1.98. The molecule has 3 aromatic carbocycles. The smallest absolute Gasteiger partial charge is 0.231 e. The lowest BCUT2D eigenvalue weighted by Gasteiger charge is -2.10. The molecule has 0 aliphatic carbocycles. The molecule has 0 atom stereocenters. The molecule has 27 heavy (non-hydrogen) atoms. The van der Waals surface area contributed by atoms with Gasteiger partial charge in [0.25, 0.3) is 0 Å². The molecule has 0 spiro atoms. The molecule has 4 nitrogen and oxygen atoms in total. The minimum Gasteiger partial charge on any atom is -0.454 e. The van der Waals surface area contributed by atoms with E-state index in [1.165, 1.54) is 21.7 Å². The molecule has 0 saturated heterocycles. The Morgan fingerprint density at radius 2 is 1.78 bits per heavy atom. The molecular weight excluding hydrogens is 338 g/mol. The zero-order valence-corrected chi connectivity index (χ0v) is 14.8. The molecule has 1 aliphatic heterocycles. The number of allylic oxidation sites excluding steroid dienone is 1. The zero-order valence-electron chi connectivity index (χ0n) is 14.8. The monoisotopic (exact) mass is 357 g/mol. The van der Waals surface area contributed by atoms with Crippen molar-refractivity contribution in [3.8, 4) is 22.8 Å². The van der Waals surface area contributed by atoms with Crippen molar-refractivity contribution in [2.45, 2.75) is 6.54 Å². The fourth-order valence-electron chi connectivity index (χ4n) is 3.76. The molecule has 0 saturated carbocycles. The van der Waals surface area contributed by atoms with E-state index >= 15 is 0 Å². The highest BCUT2D eigenvalue weighted by Gasteiger charge is 2.17. The van der Waals surface area contributed by atoms with Crippen molar-refractivity contribution in [3.05, 3.63) is 72.8 Å². The van der Waals surface area contributed by atoms with Gasteiger partial charge in [0.05, 0.1) is 6.61 Å². The Morgan fingerprint density at radius 1 is 0.889 bits per heavy atom. The predicted molar refractivity (Wildman–Crippen MR) is 107 cm³/mol. The Bertz CT molecular complexity index is 1170. The van der Waals surface area contributed by atoms with Crippen molar-refractivity contribution < 1.29 is 14.6 Å². The van der Waals surface area contributed by atoms with Crippen LogP contribution >= 0.6 is 0 Å². The van der Waals surface area contributed by atoms with Crippen LogP contribution in [0.3, 0.4) is 0 Å². The van der Waals surface area contributed by atoms with Crippen LogP contribution in [0.1, 0.15) is 0 Å². The second kappa shape index (κ2) is 6.49. The highest BCUT2D eigenvalue weighted by Crippen LogP contribution is 2.38. The third kappa shape index (κ3) is 2.66. The van der Waals surface area contributed by atoms with Crippen molar-refractivity contribution in [2.24, 2.45) is 0 Å². The number of nitrogens with zero attached hydrogens (tertiary/aromatic N) is 1. The number of ether oxygens (including phenoxy) is 2. The molecule has 4 heteroatoms. The molecule has 134 valence electrons. The van der Waals surface area contributed by atoms with Crippen molar-refractivity contribution in [1.82, 2.24) is 4.57 Å². The van der Waals surface area contributed by atoms with Crippen molar-refractivity contribution in [3.63, 3.8) is 0 Å². The van der Waals surface area contributed by atoms with Gasteiger partial charge in [0, 0.05) is 28.7 Å². The van der Waals surface area contributed by atoms with Crippen molar-refractivity contribution in [1.29, 1.82) is 0 Å². The Morgan fingerprint density at radius 3 is 2.70 bits per heavy atom. The van der Waals surface area contributed by atoms with E-state index in [1.54, 1.807) is 6.08 Å². The van der Waals surface area contributed by atoms with Gasteiger partial charge in [-0.05, 0) is 41.1 Å². The molecule has 0 amide bonds. The maximum Gasteiger partial charge on any atom is 0.231 e. The third-order valence-electron chi connectivity index (χ3n) is 5.04. The van der Waals surface area contributed by atoms with Crippen LogP contribution in [0.2, 0.25) is 0 Å². The molecule has 2 heterocycles. The molecular formula is C23H19NO3. The van der Waals surface area contributed by atoms with E-state index in [2.05, 4.69) is 53.1 Å². The van der Waals surface area contributed by atoms with Gasteiger partial charge in [0.1, 0.15) is 0 Å². The van der Waals surface area contributed by atoms with Gasteiger partial charge in [-0.25, -0.2) is 0 Å². The first kappa shape index (κ1) is 16.0. The summed E-state index contributed by atoms with van der Waals surface area (Å²) in [7, 11) is 0. The van der Waals surface area contributed by atoms with E-state index in [0.29, 0.717) is 6.54 Å². The molecule has 1 N–H and O–H groups in total. The van der Waals surface area contributed by atoms with Gasteiger partial charge in [0.15, 0.2) is 11.5 Å². The predicted octanol–water partition coefficient (Wildman–Crippen LogP) is 4.74. The zero-order chi connectivity index (χ0) is 18.2. The summed E-state index contributed by atoms with van der Waals surface area (Å²) in [6.07, 6.45) is 3.77. The largest absolute Gasteiger partial charge is 0.454 e. The van der Waals surface area contributed by atoms with Crippen LogP contribution in [-0.4, -0.2) is 23.1 Å². The Balaban J connectivity index is 1.75. The summed E-state index contributed by atoms with van der Waals surface area (Å²) in [5.74, 6) is 1.56. The summed E-state index contributed by atoms with van der Waals surface area (Å²) < 4.78 is 13.3. The quantitative estimate of drug-likeness (QED) is 0.537. The summed E-state index contributed by atoms with van der Waals surface area (Å²) >= 11 is 0. The lowest BCUT2D eigenvalue weighted by atomic mass is 10.1. The first-order valence-corrected chi connectivity index (χ1v) is 9.02. The summed E-state index contributed by atoms with van der Waals surface area (Å²) in [6.45, 7) is 0.999. The fraction of sp³-hybridized carbons (Fsp3) is 0.130. The number of hydrogen-bond donors (Lipinski definition) is 1. The number of fused-ring (bicyclic) bond motifs is 4. The van der Waals surface area contributed by atoms with Gasteiger partial charge >= 0.3 is 0 Å². The van der Waals surface area contributed by atoms with Crippen LogP contribution in [0.5, 0.6) is 11.5 Å². The maximum absolute atomic E-state index is 9.12. The molecule has 1 aromatic heterocycles. The van der Waals surface area contributed by atoms with Gasteiger partial charge in [-0.1, -0.05) is 42.5 Å². The number of aromatic nitrogens is 1. The van der Waals surface area contributed by atoms with E-state index in [0.717, 1.165) is 22.8 Å². The van der Waals surface area contributed by atoms with Gasteiger partial charge < -0.3 is 19.1 Å². The number of aliphatic hydroxyl groups is 1. The fourth-order valence-corrected chi connectivity index (χ4v) is 3.76. The average Bonchev–Trinajstić information content (AvgIpc) is 3.32. The highest BCUT2D eigenvalue weighted by atomic mass is 16.7. The molecule has 0 unspecified atom stereocenters. The Hall–Kier alpha value is -3.24. The summed E-state index contributed by atoms with van der Waals surface area (Å²) in [5.41, 5.74) is 3.36. The second-order valence-electron chi connectivity index (χ2n) is 6.58. The first-order chi connectivity index (χ1) is 13.3. The third-order valence-corrected chi connectivity index (χ3v) is 5.04. The molecule has 5 rings (SSSR count). The summed E-state index contributed by atoms with van der Waals surface area (Å²) in [4.78, 5) is 0. The van der Waals surface area contributed by atoms with Crippen LogP contribution in [0.25, 0.3) is 32.9 Å². The van der Waals surface area contributed by atoms with Crippen molar-refractivity contribution in [2.75, 3.05) is 13.4 Å². The number of aliphatic hydroxyl groups excluding tert-OH is 1. The number of benzene rings is 3. The van der Waals surface area contributed by atoms with Crippen LogP contribution in [-0.2, 0) is 6.54 Å². The average molecular weight is 357 g/mol. The summed E-state index contributed by atoms with van der Waals surface area (Å²) in [5, 5.41) is 12.8. The lowest BCUT2D eigenvalue weighted by molar-refractivity contribution is 0.174. The summed E-state index contributed by atoms with van der Waals surface area (Å²) in [6, 6.07) is 21.1. The SMILES string of the molecule is OC/C=C/Cn1c(-c2ccc3c(c2)OCO3)cc2c3ccccc3ccc21. The van der Waals surface area contributed by atoms with Gasteiger partial charge in [-0.15, -0.1) is 0 Å². The second-order valence-corrected chi connectivity index (χ2v) is 6.58. The van der Waals surface area contributed by atoms with E-state index in [9.17, 15) is 0 Å². The van der Waals surface area contributed by atoms with Crippen molar-refractivity contribution >= 4 is 21.7 Å². The minimum absolute atomic E-state index is 0.0431. The number of hydrogen-bond acceptors (Lipinski definition) is 3. The topological polar surface area (TPSA) is 43.6 Å². The van der Waals surface area contributed by atoms with Crippen LogP contribution in [0.4, 0.5) is 0 Å². The van der Waals surface area contributed by atoms with Crippen LogP contribution in [0, 0.1) is 0 Å². The molecule has 0 bridgehead atoms. The van der Waals surface area contributed by atoms with Gasteiger partial charge in [0.2, 0.25) is 6.79 Å². The van der Waals surface area contributed by atoms with E-state index in [4.69, 9.17) is 14.6 Å². The Kier molecular flexibility index (Phi) is 3.84. The number of rotatable bonds is 4. The van der Waals surface area contributed by atoms with Gasteiger partial charge in [-0.2, -0.15) is 0 Å². The Labute approximate surface area is 156 Å². The first-order valence-electron chi connectivity index (χ1n) is 9.02. The highest BCUT2D eigenvalue weighted by molar-refractivity contribution is 6.08. The molecule has 4 aromatic rings.